The van der Waals surface area contributed by atoms with E-state index in [-0.39, 0.29) is 21.7 Å². The lowest BCUT2D eigenvalue weighted by Crippen LogP contribution is -2.21. The van der Waals surface area contributed by atoms with Crippen molar-refractivity contribution in [2.45, 2.75) is 0 Å². The first-order chi connectivity index (χ1) is 7.91. The molecule has 0 amide bonds. The van der Waals surface area contributed by atoms with E-state index in [1.807, 2.05) is 0 Å². The third kappa shape index (κ3) is 3.58. The van der Waals surface area contributed by atoms with Crippen molar-refractivity contribution >= 4 is 41.1 Å². The van der Waals surface area contributed by atoms with Gasteiger partial charge in [0.2, 0.25) is 5.96 Å². The van der Waals surface area contributed by atoms with Crippen LogP contribution in [0.1, 0.15) is 5.56 Å². The van der Waals surface area contributed by atoms with E-state index < -0.39 is 4.92 Å². The number of nitro benzene ring substituents is 1. The molecule has 1 aromatic carbocycles. The minimum atomic E-state index is -0.602. The van der Waals surface area contributed by atoms with E-state index in [1.165, 1.54) is 6.21 Å². The van der Waals surface area contributed by atoms with Gasteiger partial charge in [0.1, 0.15) is 0 Å². The second-order valence-electron chi connectivity index (χ2n) is 2.85. The highest BCUT2D eigenvalue weighted by Crippen LogP contribution is 2.28. The van der Waals surface area contributed by atoms with Crippen LogP contribution in [0.2, 0.25) is 10.0 Å². The van der Waals surface area contributed by atoms with Crippen LogP contribution in [0, 0.1) is 10.1 Å². The van der Waals surface area contributed by atoms with Gasteiger partial charge in [0, 0.05) is 17.7 Å². The van der Waals surface area contributed by atoms with E-state index in [2.05, 4.69) is 10.2 Å². The summed E-state index contributed by atoms with van der Waals surface area (Å²) in [6.45, 7) is 0. The quantitative estimate of drug-likeness (QED) is 0.376. The number of benzene rings is 1. The highest BCUT2D eigenvalue weighted by molar-refractivity contribution is 6.39. The number of rotatable bonds is 3. The fourth-order valence-electron chi connectivity index (χ4n) is 0.953. The van der Waals surface area contributed by atoms with Gasteiger partial charge >= 0.3 is 0 Å². The van der Waals surface area contributed by atoms with Crippen molar-refractivity contribution in [1.82, 2.24) is 0 Å². The molecule has 0 unspecified atom stereocenters. The molecule has 0 aliphatic rings. The van der Waals surface area contributed by atoms with Crippen LogP contribution in [0.25, 0.3) is 0 Å². The van der Waals surface area contributed by atoms with Crippen LogP contribution in [-0.2, 0) is 0 Å². The van der Waals surface area contributed by atoms with Crippen LogP contribution >= 0.6 is 23.2 Å². The Morgan fingerprint density at radius 3 is 2.29 bits per heavy atom. The van der Waals surface area contributed by atoms with E-state index in [0.717, 1.165) is 12.1 Å². The van der Waals surface area contributed by atoms with Crippen molar-refractivity contribution in [1.29, 1.82) is 0 Å². The third-order valence-electron chi connectivity index (χ3n) is 1.63. The Kier molecular flexibility index (Phi) is 4.24. The fraction of sp³-hybridized carbons (Fsp3) is 0. The molecular weight excluding hydrogens is 269 g/mol. The van der Waals surface area contributed by atoms with Crippen molar-refractivity contribution in [2.75, 3.05) is 0 Å². The molecule has 0 heterocycles. The molecule has 0 aromatic heterocycles. The predicted molar refractivity (Wildman–Crippen MR) is 66.5 cm³/mol. The minimum Gasteiger partial charge on any atom is -0.369 e. The Balaban J connectivity index is 3.14. The van der Waals surface area contributed by atoms with Gasteiger partial charge in [-0.2, -0.15) is 5.10 Å². The van der Waals surface area contributed by atoms with Crippen LogP contribution < -0.4 is 11.5 Å². The van der Waals surface area contributed by atoms with Gasteiger partial charge in [0.05, 0.1) is 21.2 Å². The lowest BCUT2D eigenvalue weighted by Gasteiger charge is -2.00. The molecule has 9 heteroatoms. The molecule has 4 N–H and O–H groups in total. The highest BCUT2D eigenvalue weighted by Gasteiger charge is 2.13. The van der Waals surface area contributed by atoms with Crippen LogP contribution in [0.5, 0.6) is 0 Å². The fourth-order valence-corrected chi connectivity index (χ4v) is 1.53. The number of non-ortho nitro benzene ring substituents is 1. The molecule has 1 aromatic rings. The number of nitrogens with zero attached hydrogens (tertiary/aromatic N) is 3. The molecule has 7 nitrogen and oxygen atoms in total. The normalized spacial score (nSPS) is 10.5. The van der Waals surface area contributed by atoms with Crippen molar-refractivity contribution in [3.63, 3.8) is 0 Å². The van der Waals surface area contributed by atoms with Crippen LogP contribution in [0.4, 0.5) is 5.69 Å². The summed E-state index contributed by atoms with van der Waals surface area (Å²) in [5.74, 6) is -0.226. The standard InChI is InChI=1S/C8H7Cl2N5O2/c9-6-1-4(15(16)17)2-7(10)5(6)3-13-14-8(11)12/h1-3H,(H4,11,12,14). The zero-order valence-corrected chi connectivity index (χ0v) is 9.81. The summed E-state index contributed by atoms with van der Waals surface area (Å²) in [6, 6.07) is 2.31. The van der Waals surface area contributed by atoms with E-state index in [1.54, 1.807) is 0 Å². The summed E-state index contributed by atoms with van der Waals surface area (Å²) in [5.41, 5.74) is 10.2. The first kappa shape index (κ1) is 13.2. The van der Waals surface area contributed by atoms with Gasteiger partial charge in [-0.3, -0.25) is 10.1 Å². The Bertz CT molecular complexity index is 488. The van der Waals surface area contributed by atoms with Gasteiger partial charge < -0.3 is 11.5 Å². The number of nitrogens with two attached hydrogens (primary N) is 2. The molecule has 0 atom stereocenters. The predicted octanol–water partition coefficient (Wildman–Crippen LogP) is 1.51. The lowest BCUT2D eigenvalue weighted by molar-refractivity contribution is -0.384. The molecule has 17 heavy (non-hydrogen) atoms. The summed E-state index contributed by atoms with van der Waals surface area (Å²) in [7, 11) is 0. The second kappa shape index (κ2) is 5.46. The molecule has 0 aliphatic heterocycles. The second-order valence-corrected chi connectivity index (χ2v) is 3.66. The SMILES string of the molecule is NC(N)=NN=Cc1c(Cl)cc([N+](=O)[O-])cc1Cl. The minimum absolute atomic E-state index is 0.0822. The summed E-state index contributed by atoms with van der Waals surface area (Å²) in [6.07, 6.45) is 1.20. The zero-order chi connectivity index (χ0) is 13.0. The topological polar surface area (TPSA) is 120 Å². The smallest absolute Gasteiger partial charge is 0.272 e. The van der Waals surface area contributed by atoms with E-state index >= 15 is 0 Å². The van der Waals surface area contributed by atoms with Crippen molar-refractivity contribution in [3.8, 4) is 0 Å². The van der Waals surface area contributed by atoms with E-state index in [0.29, 0.717) is 5.56 Å². The van der Waals surface area contributed by atoms with E-state index in [4.69, 9.17) is 34.7 Å². The molecule has 0 saturated carbocycles. The third-order valence-corrected chi connectivity index (χ3v) is 2.26. The molecular formula is C8H7Cl2N5O2. The number of guanidine groups is 1. The summed E-state index contributed by atoms with van der Waals surface area (Å²) >= 11 is 11.6. The van der Waals surface area contributed by atoms with Gasteiger partial charge in [0.25, 0.3) is 5.69 Å². The molecule has 0 bridgehead atoms. The molecule has 0 spiro atoms. The Morgan fingerprint density at radius 2 is 1.88 bits per heavy atom. The molecule has 0 fully saturated rings. The van der Waals surface area contributed by atoms with Crippen molar-refractivity contribution in [2.24, 2.45) is 21.7 Å². The van der Waals surface area contributed by atoms with Gasteiger partial charge in [-0.05, 0) is 0 Å². The molecule has 0 saturated heterocycles. The van der Waals surface area contributed by atoms with Gasteiger partial charge in [-0.15, -0.1) is 5.10 Å². The first-order valence-electron chi connectivity index (χ1n) is 4.17. The van der Waals surface area contributed by atoms with Gasteiger partial charge in [-0.25, -0.2) is 0 Å². The zero-order valence-electron chi connectivity index (χ0n) is 8.30. The summed E-state index contributed by atoms with van der Waals surface area (Å²) in [4.78, 5) is 9.92. The molecule has 90 valence electrons. The number of hydrogen-bond donors (Lipinski definition) is 2. The summed E-state index contributed by atoms with van der Waals surface area (Å²) < 4.78 is 0. The molecule has 0 aliphatic carbocycles. The van der Waals surface area contributed by atoms with Gasteiger partial charge in [-0.1, -0.05) is 23.2 Å². The number of nitro groups is 1. The molecule has 0 radical (unpaired) electrons. The number of halogens is 2. The largest absolute Gasteiger partial charge is 0.369 e. The Labute approximate surface area is 106 Å². The first-order valence-corrected chi connectivity index (χ1v) is 4.93. The van der Waals surface area contributed by atoms with Crippen LogP contribution in [-0.4, -0.2) is 17.1 Å². The lowest BCUT2D eigenvalue weighted by atomic mass is 10.2. The average Bonchev–Trinajstić information content (AvgIpc) is 2.21. The van der Waals surface area contributed by atoms with Gasteiger partial charge in [0.15, 0.2) is 0 Å². The maximum absolute atomic E-state index is 10.5. The van der Waals surface area contributed by atoms with Crippen molar-refractivity contribution in [3.05, 3.63) is 37.9 Å². The average molecular weight is 276 g/mol. The number of hydrogen-bond acceptors (Lipinski definition) is 4. The maximum Gasteiger partial charge on any atom is 0.272 e. The van der Waals surface area contributed by atoms with Crippen molar-refractivity contribution < 1.29 is 4.92 Å². The van der Waals surface area contributed by atoms with Crippen LogP contribution in [0.3, 0.4) is 0 Å². The maximum atomic E-state index is 10.5. The Hall–Kier alpha value is -1.86. The monoisotopic (exact) mass is 275 g/mol. The Morgan fingerprint density at radius 1 is 1.35 bits per heavy atom. The van der Waals surface area contributed by atoms with E-state index in [9.17, 15) is 10.1 Å². The highest BCUT2D eigenvalue weighted by atomic mass is 35.5. The van der Waals surface area contributed by atoms with Crippen LogP contribution in [0.15, 0.2) is 22.3 Å². The molecule has 1 rings (SSSR count). The summed E-state index contributed by atoms with van der Waals surface area (Å²) in [5, 5.41) is 17.5.